The molecule has 7 heteroatoms. The average molecular weight is 362 g/mol. The minimum atomic E-state index is -3.27. The first-order valence-electron chi connectivity index (χ1n) is 7.08. The predicted molar refractivity (Wildman–Crippen MR) is 93.8 cm³/mol. The van der Waals surface area contributed by atoms with E-state index in [0.29, 0.717) is 0 Å². The van der Waals surface area contributed by atoms with Crippen molar-refractivity contribution in [1.82, 2.24) is 9.78 Å². The topological polar surface area (TPSA) is 52.0 Å². The van der Waals surface area contributed by atoms with Gasteiger partial charge in [-0.05, 0) is 48.7 Å². The standard InChI is InChI=1S/C17H15FN2O2S2/c1-23-17-11-14(24(2,21)22)7-8-15(17)16-9-10-19-20(16)13-5-3-12(18)4-6-13/h3-11H,1-2H3. The molecule has 0 saturated carbocycles. The normalized spacial score (nSPS) is 11.6. The highest BCUT2D eigenvalue weighted by atomic mass is 32.2. The molecule has 4 nitrogen and oxygen atoms in total. The van der Waals surface area contributed by atoms with Gasteiger partial charge in [-0.15, -0.1) is 11.8 Å². The van der Waals surface area contributed by atoms with E-state index in [0.717, 1.165) is 21.8 Å². The predicted octanol–water partition coefficient (Wildman–Crippen LogP) is 3.80. The molecule has 0 fully saturated rings. The average Bonchev–Trinajstić information content (AvgIpc) is 3.03. The van der Waals surface area contributed by atoms with Gasteiger partial charge in [-0.2, -0.15) is 5.10 Å². The lowest BCUT2D eigenvalue weighted by molar-refractivity contribution is 0.601. The van der Waals surface area contributed by atoms with Crippen LogP contribution in [0.25, 0.3) is 16.9 Å². The van der Waals surface area contributed by atoms with Crippen LogP contribution in [-0.4, -0.2) is 30.7 Å². The highest BCUT2D eigenvalue weighted by molar-refractivity contribution is 7.98. The molecule has 124 valence electrons. The largest absolute Gasteiger partial charge is 0.233 e. The number of aromatic nitrogens is 2. The first-order chi connectivity index (χ1) is 11.4. The lowest BCUT2D eigenvalue weighted by Crippen LogP contribution is -2.01. The number of nitrogens with zero attached hydrogens (tertiary/aromatic N) is 2. The lowest BCUT2D eigenvalue weighted by Gasteiger charge is -2.12. The van der Waals surface area contributed by atoms with E-state index < -0.39 is 9.84 Å². The van der Waals surface area contributed by atoms with Gasteiger partial charge in [0.05, 0.1) is 22.5 Å². The summed E-state index contributed by atoms with van der Waals surface area (Å²) in [4.78, 5) is 1.12. The van der Waals surface area contributed by atoms with Crippen molar-refractivity contribution in [2.24, 2.45) is 0 Å². The van der Waals surface area contributed by atoms with Crippen molar-refractivity contribution in [2.45, 2.75) is 9.79 Å². The van der Waals surface area contributed by atoms with Crippen LogP contribution in [0.4, 0.5) is 4.39 Å². The summed E-state index contributed by atoms with van der Waals surface area (Å²) in [5, 5.41) is 4.31. The van der Waals surface area contributed by atoms with Crippen LogP contribution >= 0.6 is 11.8 Å². The third-order valence-electron chi connectivity index (χ3n) is 3.59. The highest BCUT2D eigenvalue weighted by Gasteiger charge is 2.15. The zero-order chi connectivity index (χ0) is 17.3. The van der Waals surface area contributed by atoms with Crippen molar-refractivity contribution in [3.8, 4) is 16.9 Å². The summed E-state index contributed by atoms with van der Waals surface area (Å²) in [6.45, 7) is 0. The summed E-state index contributed by atoms with van der Waals surface area (Å²) in [5.41, 5.74) is 2.42. The SMILES string of the molecule is CSc1cc(S(C)(=O)=O)ccc1-c1ccnn1-c1ccc(F)cc1. The van der Waals surface area contributed by atoms with Crippen LogP contribution in [0.1, 0.15) is 0 Å². The van der Waals surface area contributed by atoms with Gasteiger partial charge in [-0.1, -0.05) is 6.07 Å². The van der Waals surface area contributed by atoms with E-state index in [2.05, 4.69) is 5.10 Å². The summed E-state index contributed by atoms with van der Waals surface area (Å²) in [7, 11) is -3.27. The number of sulfone groups is 1. The summed E-state index contributed by atoms with van der Waals surface area (Å²) in [6.07, 6.45) is 4.74. The molecule has 0 atom stereocenters. The van der Waals surface area contributed by atoms with E-state index in [1.54, 1.807) is 41.2 Å². The van der Waals surface area contributed by atoms with E-state index in [1.807, 2.05) is 12.3 Å². The van der Waals surface area contributed by atoms with Gasteiger partial charge < -0.3 is 0 Å². The fourth-order valence-electron chi connectivity index (χ4n) is 2.41. The van der Waals surface area contributed by atoms with Crippen molar-refractivity contribution in [3.05, 3.63) is 60.5 Å². The molecule has 3 rings (SSSR count). The molecular formula is C17H15FN2O2S2. The number of hydrogen-bond acceptors (Lipinski definition) is 4. The summed E-state index contributed by atoms with van der Waals surface area (Å²) in [6, 6.07) is 12.9. The molecule has 0 spiro atoms. The van der Waals surface area contributed by atoms with Gasteiger partial charge in [-0.3, -0.25) is 0 Å². The van der Waals surface area contributed by atoms with Crippen LogP contribution < -0.4 is 0 Å². The number of halogens is 1. The highest BCUT2D eigenvalue weighted by Crippen LogP contribution is 2.33. The molecule has 3 aromatic rings. The van der Waals surface area contributed by atoms with E-state index in [9.17, 15) is 12.8 Å². The third kappa shape index (κ3) is 3.22. The summed E-state index contributed by atoms with van der Waals surface area (Å²) >= 11 is 1.46. The molecule has 0 N–H and O–H groups in total. The molecule has 1 heterocycles. The zero-order valence-corrected chi connectivity index (χ0v) is 14.7. The van der Waals surface area contributed by atoms with E-state index in [-0.39, 0.29) is 10.7 Å². The molecule has 0 saturated heterocycles. The van der Waals surface area contributed by atoms with Crippen LogP contribution in [-0.2, 0) is 9.84 Å². The van der Waals surface area contributed by atoms with Crippen LogP contribution in [0.2, 0.25) is 0 Å². The van der Waals surface area contributed by atoms with Gasteiger partial charge in [0.2, 0.25) is 0 Å². The quantitative estimate of drug-likeness (QED) is 0.663. The van der Waals surface area contributed by atoms with Gasteiger partial charge in [0.15, 0.2) is 9.84 Å². The third-order valence-corrected chi connectivity index (χ3v) is 5.48. The molecule has 0 unspecified atom stereocenters. The lowest BCUT2D eigenvalue weighted by atomic mass is 10.1. The number of rotatable bonds is 4. The molecule has 0 aliphatic heterocycles. The fourth-order valence-corrected chi connectivity index (χ4v) is 3.77. The van der Waals surface area contributed by atoms with Gasteiger partial charge in [-0.25, -0.2) is 17.5 Å². The van der Waals surface area contributed by atoms with Crippen LogP contribution in [0.15, 0.2) is 64.5 Å². The summed E-state index contributed by atoms with van der Waals surface area (Å²) in [5.74, 6) is -0.310. The second kappa shape index (κ2) is 6.41. The smallest absolute Gasteiger partial charge is 0.175 e. The molecular weight excluding hydrogens is 347 g/mol. The molecule has 0 aliphatic rings. The Balaban J connectivity index is 2.14. The van der Waals surface area contributed by atoms with Crippen LogP contribution in [0.5, 0.6) is 0 Å². The van der Waals surface area contributed by atoms with Crippen LogP contribution in [0, 0.1) is 5.82 Å². The Bertz CT molecular complexity index is 980. The Morgan fingerprint density at radius 2 is 1.79 bits per heavy atom. The molecule has 0 bridgehead atoms. The van der Waals surface area contributed by atoms with E-state index >= 15 is 0 Å². The minimum Gasteiger partial charge on any atom is -0.233 e. The van der Waals surface area contributed by atoms with Crippen molar-refractivity contribution >= 4 is 21.6 Å². The van der Waals surface area contributed by atoms with Gasteiger partial charge in [0.1, 0.15) is 5.82 Å². The molecule has 0 amide bonds. The van der Waals surface area contributed by atoms with Gasteiger partial charge in [0.25, 0.3) is 0 Å². The Labute approximate surface area is 144 Å². The Morgan fingerprint density at radius 1 is 1.08 bits per heavy atom. The molecule has 2 aromatic carbocycles. The van der Waals surface area contributed by atoms with E-state index in [1.165, 1.54) is 30.2 Å². The molecule has 0 aliphatic carbocycles. The molecule has 24 heavy (non-hydrogen) atoms. The maximum Gasteiger partial charge on any atom is 0.175 e. The molecule has 1 aromatic heterocycles. The number of benzene rings is 2. The van der Waals surface area contributed by atoms with Crippen LogP contribution in [0.3, 0.4) is 0 Å². The fraction of sp³-hybridized carbons (Fsp3) is 0.118. The number of hydrogen-bond donors (Lipinski definition) is 0. The van der Waals surface area contributed by atoms with E-state index in [4.69, 9.17) is 0 Å². The maximum absolute atomic E-state index is 13.1. The first-order valence-corrected chi connectivity index (χ1v) is 10.2. The monoisotopic (exact) mass is 362 g/mol. The Morgan fingerprint density at radius 3 is 2.42 bits per heavy atom. The van der Waals surface area contributed by atoms with Crippen molar-refractivity contribution in [1.29, 1.82) is 0 Å². The second-order valence-corrected chi connectivity index (χ2v) is 8.10. The van der Waals surface area contributed by atoms with Crippen molar-refractivity contribution in [3.63, 3.8) is 0 Å². The van der Waals surface area contributed by atoms with Crippen molar-refractivity contribution in [2.75, 3.05) is 12.5 Å². The minimum absolute atomic E-state index is 0.281. The Kier molecular flexibility index (Phi) is 4.47. The maximum atomic E-state index is 13.1. The second-order valence-electron chi connectivity index (χ2n) is 5.24. The Hall–Kier alpha value is -2.12. The van der Waals surface area contributed by atoms with Gasteiger partial charge in [0, 0.05) is 16.7 Å². The molecule has 0 radical (unpaired) electrons. The first kappa shape index (κ1) is 16.7. The summed E-state index contributed by atoms with van der Waals surface area (Å²) < 4.78 is 38.4. The zero-order valence-electron chi connectivity index (χ0n) is 13.1. The van der Waals surface area contributed by atoms with Gasteiger partial charge >= 0.3 is 0 Å². The number of thioether (sulfide) groups is 1. The van der Waals surface area contributed by atoms with Crippen molar-refractivity contribution < 1.29 is 12.8 Å².